The summed E-state index contributed by atoms with van der Waals surface area (Å²) in [6.07, 6.45) is 8.01. The van der Waals surface area contributed by atoms with Crippen LogP contribution >= 0.6 is 0 Å². The highest BCUT2D eigenvalue weighted by molar-refractivity contribution is 5.96. The van der Waals surface area contributed by atoms with Gasteiger partial charge in [0.1, 0.15) is 0 Å². The molecule has 0 aromatic rings. The van der Waals surface area contributed by atoms with Gasteiger partial charge in [0.05, 0.1) is 6.04 Å². The third-order valence-corrected chi connectivity index (χ3v) is 4.04. The number of hydrogen-bond acceptors (Lipinski definition) is 4. The van der Waals surface area contributed by atoms with Gasteiger partial charge in [-0.2, -0.15) is 0 Å². The molecule has 0 bridgehead atoms. The Kier molecular flexibility index (Phi) is 7.54. The van der Waals surface area contributed by atoms with Crippen LogP contribution in [0.4, 0.5) is 4.79 Å². The Labute approximate surface area is 121 Å². The molecule has 1 rings (SSSR count). The first-order valence-corrected chi connectivity index (χ1v) is 7.62. The Morgan fingerprint density at radius 1 is 1.25 bits per heavy atom. The molecule has 0 aliphatic heterocycles. The highest BCUT2D eigenvalue weighted by Gasteiger charge is 2.28. The van der Waals surface area contributed by atoms with Gasteiger partial charge < -0.3 is 11.5 Å². The zero-order chi connectivity index (χ0) is 15.0. The van der Waals surface area contributed by atoms with Crippen molar-refractivity contribution in [1.82, 2.24) is 10.2 Å². The molecule has 6 heteroatoms. The van der Waals surface area contributed by atoms with E-state index in [1.54, 1.807) is 0 Å². The molecule has 0 heterocycles. The minimum atomic E-state index is -0.790. The Bertz CT molecular complexity index is 314. The number of nitrogens with one attached hydrogen (secondary N) is 1. The lowest BCUT2D eigenvalue weighted by atomic mass is 10.0. The van der Waals surface area contributed by atoms with Crippen LogP contribution in [0.15, 0.2) is 0 Å². The molecule has 1 unspecified atom stereocenters. The number of carbonyl (C=O) groups excluding carboxylic acids is 2. The Morgan fingerprint density at radius 3 is 2.35 bits per heavy atom. The second-order valence-electron chi connectivity index (χ2n) is 5.55. The fraction of sp³-hybridized carbons (Fsp3) is 0.857. The minimum absolute atomic E-state index is 0.321. The molecule has 1 fully saturated rings. The summed E-state index contributed by atoms with van der Waals surface area (Å²) < 4.78 is 0. The maximum Gasteiger partial charge on any atom is 0.318 e. The lowest BCUT2D eigenvalue weighted by molar-refractivity contribution is -0.125. The van der Waals surface area contributed by atoms with Gasteiger partial charge in [-0.15, -0.1) is 0 Å². The molecule has 0 aromatic carbocycles. The van der Waals surface area contributed by atoms with Gasteiger partial charge in [-0.1, -0.05) is 25.7 Å². The summed E-state index contributed by atoms with van der Waals surface area (Å²) in [5.74, 6) is -0.321. The maximum absolute atomic E-state index is 12.0. The topological polar surface area (TPSA) is 101 Å². The van der Waals surface area contributed by atoms with E-state index in [-0.39, 0.29) is 11.9 Å². The second kappa shape index (κ2) is 8.92. The molecule has 6 nitrogen and oxygen atoms in total. The predicted octanol–water partition coefficient (Wildman–Crippen LogP) is 0.943. The quantitative estimate of drug-likeness (QED) is 0.632. The monoisotopic (exact) mass is 284 g/mol. The molecule has 3 amide bonds. The van der Waals surface area contributed by atoms with Crippen LogP contribution < -0.4 is 16.8 Å². The highest BCUT2D eigenvalue weighted by Crippen LogP contribution is 2.23. The summed E-state index contributed by atoms with van der Waals surface area (Å²) in [6.45, 7) is 3.22. The first-order valence-electron chi connectivity index (χ1n) is 7.62. The lowest BCUT2D eigenvalue weighted by Gasteiger charge is -2.35. The number of rotatable bonds is 6. The summed E-state index contributed by atoms with van der Waals surface area (Å²) in [6, 6.07) is -0.740. The van der Waals surface area contributed by atoms with E-state index in [1.165, 1.54) is 25.7 Å². The summed E-state index contributed by atoms with van der Waals surface area (Å²) in [5.41, 5.74) is 10.6. The number of imide groups is 1. The highest BCUT2D eigenvalue weighted by atomic mass is 16.2. The third-order valence-electron chi connectivity index (χ3n) is 4.04. The Morgan fingerprint density at radius 2 is 1.85 bits per heavy atom. The predicted molar refractivity (Wildman–Crippen MR) is 79.1 cm³/mol. The van der Waals surface area contributed by atoms with Crippen molar-refractivity contribution in [2.45, 2.75) is 64.0 Å². The van der Waals surface area contributed by atoms with Gasteiger partial charge in [0.2, 0.25) is 5.91 Å². The van der Waals surface area contributed by atoms with Gasteiger partial charge >= 0.3 is 6.03 Å². The summed E-state index contributed by atoms with van der Waals surface area (Å²) in [4.78, 5) is 25.0. The van der Waals surface area contributed by atoms with Crippen LogP contribution in [-0.2, 0) is 4.79 Å². The normalized spacial score (nSPS) is 18.6. The van der Waals surface area contributed by atoms with Crippen molar-refractivity contribution in [3.05, 3.63) is 0 Å². The Balaban J connectivity index is 2.69. The zero-order valence-corrected chi connectivity index (χ0v) is 12.4. The van der Waals surface area contributed by atoms with Crippen LogP contribution in [0, 0.1) is 0 Å². The molecule has 116 valence electrons. The van der Waals surface area contributed by atoms with Crippen molar-refractivity contribution in [2.75, 3.05) is 13.1 Å². The van der Waals surface area contributed by atoms with Gasteiger partial charge in [-0.05, 0) is 32.7 Å². The van der Waals surface area contributed by atoms with Crippen molar-refractivity contribution in [3.8, 4) is 0 Å². The average molecular weight is 284 g/mol. The molecule has 1 aliphatic rings. The van der Waals surface area contributed by atoms with Crippen molar-refractivity contribution in [1.29, 1.82) is 0 Å². The van der Waals surface area contributed by atoms with Crippen LogP contribution in [0.3, 0.4) is 0 Å². The molecule has 0 spiro atoms. The van der Waals surface area contributed by atoms with Gasteiger partial charge in [0.15, 0.2) is 0 Å². The van der Waals surface area contributed by atoms with Crippen molar-refractivity contribution in [3.63, 3.8) is 0 Å². The first kappa shape index (κ1) is 16.9. The molecular formula is C14H28N4O2. The SMILES string of the molecule is CC(C(=O)NC(N)=O)N(CCCN)C1CCCCCC1. The van der Waals surface area contributed by atoms with E-state index in [0.717, 1.165) is 25.8 Å². The number of nitrogens with zero attached hydrogens (tertiary/aromatic N) is 1. The number of carbonyl (C=O) groups is 2. The van der Waals surface area contributed by atoms with E-state index in [9.17, 15) is 9.59 Å². The van der Waals surface area contributed by atoms with E-state index in [0.29, 0.717) is 12.6 Å². The standard InChI is InChI=1S/C14H28N4O2/c1-11(13(19)17-14(16)20)18(10-6-9-15)12-7-4-2-3-5-8-12/h11-12H,2-10,15H2,1H3,(H3,16,17,19,20). The fourth-order valence-electron chi connectivity index (χ4n) is 2.93. The van der Waals surface area contributed by atoms with E-state index in [1.807, 2.05) is 6.92 Å². The van der Waals surface area contributed by atoms with Crippen molar-refractivity contribution >= 4 is 11.9 Å². The summed E-state index contributed by atoms with van der Waals surface area (Å²) >= 11 is 0. The van der Waals surface area contributed by atoms with E-state index < -0.39 is 6.03 Å². The zero-order valence-electron chi connectivity index (χ0n) is 12.4. The number of amides is 3. The number of hydrogen-bond donors (Lipinski definition) is 3. The molecular weight excluding hydrogens is 256 g/mol. The molecule has 5 N–H and O–H groups in total. The molecule has 0 radical (unpaired) electrons. The molecule has 0 aromatic heterocycles. The fourth-order valence-corrected chi connectivity index (χ4v) is 2.93. The lowest BCUT2D eigenvalue weighted by Crippen LogP contribution is -2.52. The molecule has 1 atom stereocenters. The van der Waals surface area contributed by atoms with Crippen LogP contribution in [0.5, 0.6) is 0 Å². The van der Waals surface area contributed by atoms with E-state index in [2.05, 4.69) is 10.2 Å². The van der Waals surface area contributed by atoms with Gasteiger partial charge in [0.25, 0.3) is 0 Å². The second-order valence-corrected chi connectivity index (χ2v) is 5.55. The van der Waals surface area contributed by atoms with Crippen LogP contribution in [-0.4, -0.2) is 42.0 Å². The van der Waals surface area contributed by atoms with Crippen molar-refractivity contribution < 1.29 is 9.59 Å². The molecule has 0 saturated heterocycles. The number of nitrogens with two attached hydrogens (primary N) is 2. The Hall–Kier alpha value is -1.14. The average Bonchev–Trinajstić information content (AvgIpc) is 2.67. The van der Waals surface area contributed by atoms with Gasteiger partial charge in [-0.3, -0.25) is 15.0 Å². The first-order chi connectivity index (χ1) is 9.56. The number of urea groups is 1. The smallest absolute Gasteiger partial charge is 0.318 e. The van der Waals surface area contributed by atoms with E-state index in [4.69, 9.17) is 11.5 Å². The maximum atomic E-state index is 12.0. The van der Waals surface area contributed by atoms with Crippen LogP contribution in [0.2, 0.25) is 0 Å². The van der Waals surface area contributed by atoms with Gasteiger partial charge in [-0.25, -0.2) is 4.79 Å². The third kappa shape index (κ3) is 5.46. The largest absolute Gasteiger partial charge is 0.351 e. The van der Waals surface area contributed by atoms with Crippen molar-refractivity contribution in [2.24, 2.45) is 11.5 Å². The minimum Gasteiger partial charge on any atom is -0.351 e. The van der Waals surface area contributed by atoms with E-state index >= 15 is 0 Å². The molecule has 1 saturated carbocycles. The summed E-state index contributed by atoms with van der Waals surface area (Å²) in [5, 5.41) is 2.18. The molecule has 1 aliphatic carbocycles. The van der Waals surface area contributed by atoms with Crippen LogP contribution in [0.25, 0.3) is 0 Å². The molecule has 20 heavy (non-hydrogen) atoms. The summed E-state index contributed by atoms with van der Waals surface area (Å²) in [7, 11) is 0. The van der Waals surface area contributed by atoms with Gasteiger partial charge in [0, 0.05) is 12.6 Å². The van der Waals surface area contributed by atoms with Crippen LogP contribution in [0.1, 0.15) is 51.9 Å². The number of primary amides is 1.